The van der Waals surface area contributed by atoms with Gasteiger partial charge in [0.25, 0.3) is 0 Å². The number of carbonyl (C=O) groups is 2. The van der Waals surface area contributed by atoms with Crippen LogP contribution in [0.3, 0.4) is 0 Å². The Balaban J connectivity index is 2.64. The molecule has 0 radical (unpaired) electrons. The van der Waals surface area contributed by atoms with Gasteiger partial charge >= 0.3 is 0 Å². The fourth-order valence-electron chi connectivity index (χ4n) is 3.78. The Hall–Kier alpha value is -1.10. The maximum Gasteiger partial charge on any atom is 0.243 e. The van der Waals surface area contributed by atoms with Crippen LogP contribution in [0.5, 0.6) is 0 Å². The summed E-state index contributed by atoms with van der Waals surface area (Å²) in [5.74, 6) is 0.522. The Kier molecular flexibility index (Phi) is 6.41. The number of hydrogen-bond donors (Lipinski definition) is 2. The van der Waals surface area contributed by atoms with E-state index in [0.29, 0.717) is 6.42 Å². The zero-order valence-electron chi connectivity index (χ0n) is 14.7. The molecule has 0 aliphatic carbocycles. The van der Waals surface area contributed by atoms with Crippen molar-refractivity contribution in [1.82, 2.24) is 10.4 Å². The molecule has 5 heteroatoms. The van der Waals surface area contributed by atoms with Crippen molar-refractivity contribution in [2.45, 2.75) is 66.7 Å². The largest absolute Gasteiger partial charge is 0.342 e. The van der Waals surface area contributed by atoms with E-state index in [1.807, 2.05) is 32.6 Å². The number of carbonyl (C=O) groups excluding carboxylic acids is 2. The number of hydrogen-bond acceptors (Lipinski definition) is 3. The molecular weight excluding hydrogens is 280 g/mol. The van der Waals surface area contributed by atoms with Crippen molar-refractivity contribution in [1.29, 1.82) is 0 Å². The first-order valence-corrected chi connectivity index (χ1v) is 8.33. The summed E-state index contributed by atoms with van der Waals surface area (Å²) in [6.45, 7) is 11.7. The zero-order chi connectivity index (χ0) is 17.0. The molecule has 0 atom stereocenters. The van der Waals surface area contributed by atoms with Gasteiger partial charge in [0.15, 0.2) is 0 Å². The lowest BCUT2D eigenvalue weighted by atomic mass is 9.72. The average molecular weight is 312 g/mol. The third kappa shape index (κ3) is 5.27. The van der Waals surface area contributed by atoms with Crippen molar-refractivity contribution < 1.29 is 14.8 Å². The van der Waals surface area contributed by atoms with Crippen LogP contribution in [-0.4, -0.2) is 35.0 Å². The third-order valence-electron chi connectivity index (χ3n) is 4.74. The number of hydroxylamine groups is 1. The highest BCUT2D eigenvalue weighted by Gasteiger charge is 2.38. The van der Waals surface area contributed by atoms with Crippen LogP contribution in [0, 0.1) is 16.7 Å². The van der Waals surface area contributed by atoms with Gasteiger partial charge in [-0.2, -0.15) is 0 Å². The van der Waals surface area contributed by atoms with Gasteiger partial charge in [-0.15, -0.1) is 0 Å². The molecule has 0 unspecified atom stereocenters. The van der Waals surface area contributed by atoms with Crippen molar-refractivity contribution in [3.63, 3.8) is 0 Å². The van der Waals surface area contributed by atoms with Crippen LogP contribution < -0.4 is 5.48 Å². The van der Waals surface area contributed by atoms with Crippen LogP contribution in [0.25, 0.3) is 0 Å². The van der Waals surface area contributed by atoms with Crippen LogP contribution in [0.15, 0.2) is 0 Å². The molecule has 1 aliphatic rings. The summed E-state index contributed by atoms with van der Waals surface area (Å²) in [4.78, 5) is 26.2. The van der Waals surface area contributed by atoms with Crippen molar-refractivity contribution in [2.75, 3.05) is 13.1 Å². The summed E-state index contributed by atoms with van der Waals surface area (Å²) < 4.78 is 0. The first-order valence-electron chi connectivity index (χ1n) is 8.33. The molecule has 0 spiro atoms. The van der Waals surface area contributed by atoms with E-state index in [4.69, 9.17) is 5.21 Å². The first-order chi connectivity index (χ1) is 10.1. The Labute approximate surface area is 134 Å². The van der Waals surface area contributed by atoms with Gasteiger partial charge in [0, 0.05) is 24.9 Å². The maximum atomic E-state index is 12.8. The van der Waals surface area contributed by atoms with Crippen LogP contribution in [0.4, 0.5) is 0 Å². The van der Waals surface area contributed by atoms with E-state index in [1.165, 1.54) is 6.42 Å². The molecule has 2 N–H and O–H groups in total. The third-order valence-corrected chi connectivity index (χ3v) is 4.74. The van der Waals surface area contributed by atoms with Crippen LogP contribution in [0.1, 0.15) is 66.7 Å². The molecule has 1 heterocycles. The molecule has 1 rings (SSSR count). The second-order valence-corrected chi connectivity index (χ2v) is 8.08. The number of amides is 2. The molecule has 0 bridgehead atoms. The molecule has 1 fully saturated rings. The van der Waals surface area contributed by atoms with Gasteiger partial charge in [-0.3, -0.25) is 14.8 Å². The summed E-state index contributed by atoms with van der Waals surface area (Å²) >= 11 is 0. The number of likely N-dealkylation sites (tertiary alicyclic amines) is 1. The molecule has 0 aromatic rings. The van der Waals surface area contributed by atoms with Gasteiger partial charge in [0.05, 0.1) is 0 Å². The minimum absolute atomic E-state index is 0.180. The minimum Gasteiger partial charge on any atom is -0.342 e. The molecule has 0 aromatic heterocycles. The fraction of sp³-hybridized carbons (Fsp3) is 0.882. The van der Waals surface area contributed by atoms with Gasteiger partial charge in [-0.25, -0.2) is 5.48 Å². The van der Waals surface area contributed by atoms with Gasteiger partial charge in [-0.05, 0) is 30.6 Å². The molecule has 1 aliphatic heterocycles. The molecular formula is C17H32N2O3. The Morgan fingerprint density at radius 1 is 1.18 bits per heavy atom. The zero-order valence-corrected chi connectivity index (χ0v) is 14.7. The summed E-state index contributed by atoms with van der Waals surface area (Å²) in [6.07, 6.45) is 4.19. The Morgan fingerprint density at radius 3 is 2.18 bits per heavy atom. The number of nitrogens with zero attached hydrogens (tertiary/aromatic N) is 1. The second-order valence-electron chi connectivity index (χ2n) is 8.08. The van der Waals surface area contributed by atoms with Gasteiger partial charge in [0.2, 0.25) is 11.8 Å². The quantitative estimate of drug-likeness (QED) is 0.585. The topological polar surface area (TPSA) is 69.6 Å². The predicted molar refractivity (Wildman–Crippen MR) is 86.3 cm³/mol. The fourth-order valence-corrected chi connectivity index (χ4v) is 3.78. The normalized spacial score (nSPS) is 17.5. The summed E-state index contributed by atoms with van der Waals surface area (Å²) in [6, 6.07) is 0. The highest BCUT2D eigenvalue weighted by atomic mass is 16.5. The number of nitrogens with one attached hydrogen (secondary N) is 1. The molecule has 5 nitrogen and oxygen atoms in total. The molecule has 0 aromatic carbocycles. The molecule has 1 saturated heterocycles. The van der Waals surface area contributed by atoms with Gasteiger partial charge < -0.3 is 4.90 Å². The monoisotopic (exact) mass is 312 g/mol. The van der Waals surface area contributed by atoms with Crippen molar-refractivity contribution in [2.24, 2.45) is 16.7 Å². The van der Waals surface area contributed by atoms with Crippen LogP contribution in [-0.2, 0) is 9.59 Å². The smallest absolute Gasteiger partial charge is 0.243 e. The van der Waals surface area contributed by atoms with Gasteiger partial charge in [-0.1, -0.05) is 41.0 Å². The van der Waals surface area contributed by atoms with E-state index < -0.39 is 11.3 Å². The van der Waals surface area contributed by atoms with Crippen LogP contribution >= 0.6 is 0 Å². The van der Waals surface area contributed by atoms with E-state index in [1.54, 1.807) is 5.48 Å². The van der Waals surface area contributed by atoms with E-state index in [-0.39, 0.29) is 17.7 Å². The number of piperidine rings is 1. The second kappa shape index (κ2) is 7.44. The van der Waals surface area contributed by atoms with E-state index in [0.717, 1.165) is 31.8 Å². The lowest BCUT2D eigenvalue weighted by Crippen LogP contribution is -2.46. The SMILES string of the molecule is CCC1CCN(C(=O)C(C)(C)CC(C)(C)CC(=O)NO)CC1. The lowest BCUT2D eigenvalue weighted by Gasteiger charge is -2.40. The minimum atomic E-state index is -0.502. The highest BCUT2D eigenvalue weighted by Crippen LogP contribution is 2.38. The van der Waals surface area contributed by atoms with E-state index >= 15 is 0 Å². The van der Waals surface area contributed by atoms with Crippen molar-refractivity contribution in [3.05, 3.63) is 0 Å². The molecule has 128 valence electrons. The van der Waals surface area contributed by atoms with E-state index in [9.17, 15) is 9.59 Å². The molecule has 0 saturated carbocycles. The highest BCUT2D eigenvalue weighted by molar-refractivity contribution is 5.82. The maximum absolute atomic E-state index is 12.8. The Bertz CT molecular complexity index is 397. The summed E-state index contributed by atoms with van der Waals surface area (Å²) in [7, 11) is 0. The Morgan fingerprint density at radius 2 is 1.73 bits per heavy atom. The molecule has 2 amide bonds. The first kappa shape index (κ1) is 18.9. The lowest BCUT2D eigenvalue weighted by molar-refractivity contribution is -0.144. The molecule has 22 heavy (non-hydrogen) atoms. The summed E-state index contributed by atoms with van der Waals surface area (Å²) in [5, 5.41) is 8.68. The average Bonchev–Trinajstić information content (AvgIpc) is 2.44. The predicted octanol–water partition coefficient (Wildman–Crippen LogP) is 2.97. The summed E-state index contributed by atoms with van der Waals surface area (Å²) in [5.41, 5.74) is 0.835. The number of rotatable bonds is 6. The van der Waals surface area contributed by atoms with Crippen molar-refractivity contribution >= 4 is 11.8 Å². The van der Waals surface area contributed by atoms with Crippen molar-refractivity contribution in [3.8, 4) is 0 Å². The standard InChI is InChI=1S/C17H32N2O3/c1-6-13-7-9-19(10-8-13)15(21)17(4,5)12-16(2,3)11-14(20)18-22/h13,22H,6-12H2,1-5H3,(H,18,20). The van der Waals surface area contributed by atoms with Gasteiger partial charge in [0.1, 0.15) is 0 Å². The van der Waals surface area contributed by atoms with E-state index in [2.05, 4.69) is 6.92 Å². The van der Waals surface area contributed by atoms with Crippen LogP contribution in [0.2, 0.25) is 0 Å².